The number of thioether (sulfide) groups is 1. The van der Waals surface area contributed by atoms with Gasteiger partial charge in [-0.1, -0.05) is 11.8 Å². The highest BCUT2D eigenvalue weighted by Crippen LogP contribution is 2.15. The van der Waals surface area contributed by atoms with E-state index >= 15 is 0 Å². The van der Waals surface area contributed by atoms with Crippen LogP contribution < -0.4 is 0 Å². The van der Waals surface area contributed by atoms with Gasteiger partial charge in [0.15, 0.2) is 16.5 Å². The number of rotatable bonds is 2. The Morgan fingerprint density at radius 3 is 2.93 bits per heavy atom. The molecule has 0 aromatic carbocycles. The number of imidazole rings is 1. The number of carboxylic acid groups (broad SMARTS) is 1. The summed E-state index contributed by atoms with van der Waals surface area (Å²) in [6.45, 7) is 0. The van der Waals surface area contributed by atoms with Crippen LogP contribution in [0.5, 0.6) is 0 Å². The van der Waals surface area contributed by atoms with Crippen molar-refractivity contribution in [1.29, 1.82) is 0 Å². The highest BCUT2D eigenvalue weighted by Gasteiger charge is 2.08. The van der Waals surface area contributed by atoms with Crippen LogP contribution >= 0.6 is 11.8 Å². The largest absolute Gasteiger partial charge is 0.477 e. The van der Waals surface area contributed by atoms with Gasteiger partial charge in [-0.2, -0.15) is 0 Å². The van der Waals surface area contributed by atoms with Crippen LogP contribution in [0.1, 0.15) is 10.5 Å². The molecule has 0 amide bonds. The third kappa shape index (κ3) is 1.44. The number of aromatic amines is 1. The number of carboxylic acids is 1. The van der Waals surface area contributed by atoms with E-state index in [0.717, 1.165) is 10.7 Å². The number of aromatic nitrogens is 3. The molecule has 2 heterocycles. The zero-order valence-corrected chi connectivity index (χ0v) is 8.13. The van der Waals surface area contributed by atoms with Crippen LogP contribution in [0.3, 0.4) is 0 Å². The molecule has 2 N–H and O–H groups in total. The summed E-state index contributed by atoms with van der Waals surface area (Å²) in [6, 6.07) is 3.12. The van der Waals surface area contributed by atoms with Crippen molar-refractivity contribution in [3.8, 4) is 0 Å². The van der Waals surface area contributed by atoms with Crippen molar-refractivity contribution < 1.29 is 9.90 Å². The first kappa shape index (κ1) is 9.01. The van der Waals surface area contributed by atoms with Crippen LogP contribution in [0.4, 0.5) is 0 Å². The van der Waals surface area contributed by atoms with Crippen LogP contribution in [0.2, 0.25) is 0 Å². The maximum atomic E-state index is 10.6. The summed E-state index contributed by atoms with van der Waals surface area (Å²) in [5.74, 6) is -1.04. The number of hydrogen-bond donors (Lipinski definition) is 2. The Hall–Kier alpha value is -1.56. The van der Waals surface area contributed by atoms with E-state index in [1.54, 1.807) is 6.07 Å². The van der Waals surface area contributed by atoms with E-state index < -0.39 is 5.97 Å². The molecule has 2 rings (SSSR count). The van der Waals surface area contributed by atoms with Gasteiger partial charge in [-0.25, -0.2) is 14.8 Å². The summed E-state index contributed by atoms with van der Waals surface area (Å²) in [7, 11) is 0. The molecule has 2 aromatic rings. The fraction of sp³-hybridized carbons (Fsp3) is 0.125. The van der Waals surface area contributed by atoms with Crippen molar-refractivity contribution in [2.45, 2.75) is 5.16 Å². The topological polar surface area (TPSA) is 78.9 Å². The van der Waals surface area contributed by atoms with E-state index in [2.05, 4.69) is 15.0 Å². The second-order valence-electron chi connectivity index (χ2n) is 2.62. The molecule has 0 spiro atoms. The third-order valence-corrected chi connectivity index (χ3v) is 2.32. The number of carbonyl (C=O) groups is 1. The van der Waals surface area contributed by atoms with E-state index in [1.807, 2.05) is 6.26 Å². The van der Waals surface area contributed by atoms with Gasteiger partial charge < -0.3 is 10.1 Å². The Morgan fingerprint density at radius 2 is 2.29 bits per heavy atom. The molecule has 0 atom stereocenters. The molecule has 0 unspecified atom stereocenters. The van der Waals surface area contributed by atoms with Gasteiger partial charge in [0, 0.05) is 0 Å². The van der Waals surface area contributed by atoms with Crippen LogP contribution in [0, 0.1) is 0 Å². The first-order chi connectivity index (χ1) is 6.70. The van der Waals surface area contributed by atoms with Crippen molar-refractivity contribution in [3.63, 3.8) is 0 Å². The molecular weight excluding hydrogens is 202 g/mol. The van der Waals surface area contributed by atoms with E-state index in [9.17, 15) is 4.79 Å². The third-order valence-electron chi connectivity index (χ3n) is 1.74. The lowest BCUT2D eigenvalue weighted by atomic mass is 10.3. The van der Waals surface area contributed by atoms with Gasteiger partial charge in [0.2, 0.25) is 0 Å². The molecule has 0 saturated carbocycles. The predicted molar refractivity (Wildman–Crippen MR) is 52.6 cm³/mol. The van der Waals surface area contributed by atoms with E-state index in [4.69, 9.17) is 5.11 Å². The number of fused-ring (bicyclic) bond motifs is 1. The van der Waals surface area contributed by atoms with Crippen LogP contribution in [-0.2, 0) is 0 Å². The van der Waals surface area contributed by atoms with Gasteiger partial charge in [0.05, 0.1) is 5.52 Å². The Balaban J connectivity index is 2.59. The van der Waals surface area contributed by atoms with Crippen LogP contribution in [0.15, 0.2) is 17.3 Å². The minimum atomic E-state index is -1.04. The zero-order chi connectivity index (χ0) is 10.1. The quantitative estimate of drug-likeness (QED) is 0.730. The molecule has 72 valence electrons. The lowest BCUT2D eigenvalue weighted by Gasteiger charge is -1.91. The van der Waals surface area contributed by atoms with Gasteiger partial charge in [-0.15, -0.1) is 0 Å². The van der Waals surface area contributed by atoms with E-state index in [0.29, 0.717) is 5.65 Å². The molecule has 14 heavy (non-hydrogen) atoms. The maximum absolute atomic E-state index is 10.6. The fourth-order valence-corrected chi connectivity index (χ4v) is 1.48. The Bertz CT molecular complexity index is 494. The normalized spacial score (nSPS) is 10.6. The van der Waals surface area contributed by atoms with Crippen LogP contribution in [-0.4, -0.2) is 32.3 Å². The Kier molecular flexibility index (Phi) is 2.12. The van der Waals surface area contributed by atoms with Crippen molar-refractivity contribution in [2.75, 3.05) is 6.26 Å². The standard InChI is InChI=1S/C8H7N3O2S/c1-14-8-10-4-2-3-5(7(12)13)9-6(4)11-8/h2-3H,1H3,(H,12,13)(H,9,10,11). The molecule has 2 aromatic heterocycles. The van der Waals surface area contributed by atoms with Crippen molar-refractivity contribution in [2.24, 2.45) is 0 Å². The highest BCUT2D eigenvalue weighted by atomic mass is 32.2. The first-order valence-electron chi connectivity index (χ1n) is 3.85. The minimum absolute atomic E-state index is 0.0108. The molecule has 0 aliphatic rings. The molecule has 0 aliphatic heterocycles. The smallest absolute Gasteiger partial charge is 0.354 e. The van der Waals surface area contributed by atoms with Crippen molar-refractivity contribution >= 4 is 28.9 Å². The molecule has 0 aliphatic carbocycles. The van der Waals surface area contributed by atoms with E-state index in [-0.39, 0.29) is 5.69 Å². The number of pyridine rings is 1. The Labute approximate surface area is 83.6 Å². The number of hydrogen-bond acceptors (Lipinski definition) is 4. The average molecular weight is 209 g/mol. The van der Waals surface area contributed by atoms with Gasteiger partial charge in [0.1, 0.15) is 0 Å². The molecule has 6 heteroatoms. The average Bonchev–Trinajstić information content (AvgIpc) is 2.58. The minimum Gasteiger partial charge on any atom is -0.477 e. The monoisotopic (exact) mass is 209 g/mol. The number of nitrogens with one attached hydrogen (secondary N) is 1. The van der Waals surface area contributed by atoms with Crippen molar-refractivity contribution in [1.82, 2.24) is 15.0 Å². The number of aromatic carboxylic acids is 1. The fourth-order valence-electron chi connectivity index (χ4n) is 1.09. The summed E-state index contributed by atoms with van der Waals surface area (Å²) in [5.41, 5.74) is 1.20. The second kappa shape index (κ2) is 3.30. The molecule has 0 bridgehead atoms. The molecular formula is C8H7N3O2S. The Morgan fingerprint density at radius 1 is 1.50 bits per heavy atom. The molecule has 0 fully saturated rings. The SMILES string of the molecule is CSc1nc2nc(C(=O)O)ccc2[nH]1. The lowest BCUT2D eigenvalue weighted by Crippen LogP contribution is -1.99. The summed E-state index contributed by atoms with van der Waals surface area (Å²) in [5, 5.41) is 9.43. The summed E-state index contributed by atoms with van der Waals surface area (Å²) in [4.78, 5) is 21.6. The number of H-pyrrole nitrogens is 1. The maximum Gasteiger partial charge on any atom is 0.354 e. The lowest BCUT2D eigenvalue weighted by molar-refractivity contribution is 0.0691. The van der Waals surface area contributed by atoms with Gasteiger partial charge in [-0.05, 0) is 18.4 Å². The summed E-state index contributed by atoms with van der Waals surface area (Å²) in [6.07, 6.45) is 1.88. The second-order valence-corrected chi connectivity index (χ2v) is 3.41. The molecule has 0 saturated heterocycles. The van der Waals surface area contributed by atoms with Crippen LogP contribution in [0.25, 0.3) is 11.2 Å². The molecule has 0 radical (unpaired) electrons. The number of nitrogens with zero attached hydrogens (tertiary/aromatic N) is 2. The summed E-state index contributed by atoms with van der Waals surface area (Å²) >= 11 is 1.45. The predicted octanol–water partition coefficient (Wildman–Crippen LogP) is 1.38. The summed E-state index contributed by atoms with van der Waals surface area (Å²) < 4.78 is 0. The van der Waals surface area contributed by atoms with Gasteiger partial charge >= 0.3 is 5.97 Å². The first-order valence-corrected chi connectivity index (χ1v) is 5.07. The van der Waals surface area contributed by atoms with Gasteiger partial charge in [-0.3, -0.25) is 0 Å². The zero-order valence-electron chi connectivity index (χ0n) is 7.31. The van der Waals surface area contributed by atoms with E-state index in [1.165, 1.54) is 17.8 Å². The highest BCUT2D eigenvalue weighted by molar-refractivity contribution is 7.98. The van der Waals surface area contributed by atoms with Gasteiger partial charge in [0.25, 0.3) is 0 Å². The van der Waals surface area contributed by atoms with Crippen molar-refractivity contribution in [3.05, 3.63) is 17.8 Å². The molecule has 5 nitrogen and oxygen atoms in total.